The smallest absolute Gasteiger partial charge is 0.268 e. The molecule has 6 heteroatoms. The minimum atomic E-state index is -0.0419. The second-order valence-electron chi connectivity index (χ2n) is 3.90. The molecule has 1 aromatic heterocycles. The Kier molecular flexibility index (Phi) is 4.21. The van der Waals surface area contributed by atoms with E-state index >= 15 is 0 Å². The van der Waals surface area contributed by atoms with Gasteiger partial charge in [0.15, 0.2) is 0 Å². The van der Waals surface area contributed by atoms with Gasteiger partial charge in [-0.25, -0.2) is 4.98 Å². The predicted octanol–water partition coefficient (Wildman–Crippen LogP) is 1.60. The van der Waals surface area contributed by atoms with Crippen LogP contribution >= 0.6 is 34.2 Å². The second-order valence-corrected chi connectivity index (χ2v) is 5.33. The summed E-state index contributed by atoms with van der Waals surface area (Å²) in [4.78, 5) is 18.2. The van der Waals surface area contributed by atoms with Crippen molar-refractivity contribution in [3.8, 4) is 0 Å². The molecule has 0 radical (unpaired) electrons. The highest BCUT2D eigenvalue weighted by atomic mass is 127. The lowest BCUT2D eigenvalue weighted by atomic mass is 10.4. The van der Waals surface area contributed by atoms with E-state index < -0.39 is 0 Å². The maximum atomic E-state index is 11.8. The fraction of sp³-hybridized carbons (Fsp3) is 0.600. The van der Waals surface area contributed by atoms with Gasteiger partial charge in [-0.05, 0) is 48.5 Å². The van der Waals surface area contributed by atoms with Crippen LogP contribution in [0.4, 0.5) is 0 Å². The third-order valence-electron chi connectivity index (χ3n) is 2.80. The Morgan fingerprint density at radius 3 is 2.75 bits per heavy atom. The molecule has 1 saturated heterocycles. The molecule has 0 saturated carbocycles. The molecule has 0 bridgehead atoms. The van der Waals surface area contributed by atoms with Gasteiger partial charge in [0.25, 0.3) is 5.56 Å². The number of likely N-dealkylation sites (tertiary alicyclic amines) is 1. The standard InChI is InChI=1S/C10H13ClIN3O/c11-9-8(12)10(16)15(7-13-9)6-5-14-3-1-2-4-14/h7H,1-6H2. The molecule has 1 aromatic rings. The van der Waals surface area contributed by atoms with Crippen molar-refractivity contribution in [1.29, 1.82) is 0 Å². The van der Waals surface area contributed by atoms with Crippen LogP contribution in [0.25, 0.3) is 0 Å². The van der Waals surface area contributed by atoms with Crippen LogP contribution in [0.15, 0.2) is 11.1 Å². The zero-order chi connectivity index (χ0) is 11.5. The fourth-order valence-corrected chi connectivity index (χ4v) is 2.43. The van der Waals surface area contributed by atoms with Gasteiger partial charge in [0, 0.05) is 13.1 Å². The fourth-order valence-electron chi connectivity index (χ4n) is 1.86. The van der Waals surface area contributed by atoms with Crippen molar-refractivity contribution in [3.63, 3.8) is 0 Å². The molecule has 0 aromatic carbocycles. The van der Waals surface area contributed by atoms with Gasteiger partial charge in [-0.1, -0.05) is 11.6 Å². The average molecular weight is 354 g/mol. The minimum Gasteiger partial charge on any atom is -0.302 e. The number of halogens is 2. The van der Waals surface area contributed by atoms with Crippen LogP contribution in [0, 0.1) is 3.57 Å². The van der Waals surface area contributed by atoms with Gasteiger partial charge in [-0.15, -0.1) is 0 Å². The maximum Gasteiger partial charge on any atom is 0.268 e. The lowest BCUT2D eigenvalue weighted by molar-refractivity contribution is 0.319. The zero-order valence-corrected chi connectivity index (χ0v) is 11.7. The molecule has 0 unspecified atom stereocenters. The van der Waals surface area contributed by atoms with Crippen molar-refractivity contribution in [2.45, 2.75) is 19.4 Å². The van der Waals surface area contributed by atoms with Crippen molar-refractivity contribution in [3.05, 3.63) is 25.4 Å². The van der Waals surface area contributed by atoms with Crippen LogP contribution < -0.4 is 5.56 Å². The Labute approximate surface area is 113 Å². The maximum absolute atomic E-state index is 11.8. The van der Waals surface area contributed by atoms with E-state index in [1.54, 1.807) is 4.57 Å². The highest BCUT2D eigenvalue weighted by Crippen LogP contribution is 2.10. The van der Waals surface area contributed by atoms with E-state index in [0.717, 1.165) is 19.6 Å². The summed E-state index contributed by atoms with van der Waals surface area (Å²) in [5, 5.41) is 0.294. The molecule has 0 spiro atoms. The van der Waals surface area contributed by atoms with Crippen LogP contribution in [0.2, 0.25) is 5.15 Å². The first-order valence-electron chi connectivity index (χ1n) is 5.31. The van der Waals surface area contributed by atoms with E-state index in [-0.39, 0.29) is 5.56 Å². The van der Waals surface area contributed by atoms with E-state index in [2.05, 4.69) is 9.88 Å². The third kappa shape index (κ3) is 2.75. The van der Waals surface area contributed by atoms with Crippen molar-refractivity contribution < 1.29 is 0 Å². The van der Waals surface area contributed by atoms with Crippen LogP contribution in [-0.4, -0.2) is 34.1 Å². The van der Waals surface area contributed by atoms with E-state index in [4.69, 9.17) is 11.6 Å². The van der Waals surface area contributed by atoms with Gasteiger partial charge < -0.3 is 4.90 Å². The van der Waals surface area contributed by atoms with E-state index in [0.29, 0.717) is 15.3 Å². The molecule has 1 aliphatic heterocycles. The van der Waals surface area contributed by atoms with Gasteiger partial charge in [0.2, 0.25) is 0 Å². The summed E-state index contributed by atoms with van der Waals surface area (Å²) in [6.07, 6.45) is 4.07. The van der Waals surface area contributed by atoms with Crippen molar-refractivity contribution in [2.75, 3.05) is 19.6 Å². The third-order valence-corrected chi connectivity index (χ3v) is 4.37. The van der Waals surface area contributed by atoms with Gasteiger partial charge in [0.1, 0.15) is 8.72 Å². The normalized spacial score (nSPS) is 16.9. The molecule has 16 heavy (non-hydrogen) atoms. The summed E-state index contributed by atoms with van der Waals surface area (Å²) in [6.45, 7) is 3.90. The molecule has 1 fully saturated rings. The number of hydrogen-bond donors (Lipinski definition) is 0. The monoisotopic (exact) mass is 353 g/mol. The first-order valence-corrected chi connectivity index (χ1v) is 6.77. The summed E-state index contributed by atoms with van der Waals surface area (Å²) < 4.78 is 2.13. The van der Waals surface area contributed by atoms with Crippen LogP contribution in [0.1, 0.15) is 12.8 Å². The van der Waals surface area contributed by atoms with Gasteiger partial charge in [0.05, 0.1) is 6.33 Å². The van der Waals surface area contributed by atoms with Crippen molar-refractivity contribution in [1.82, 2.24) is 14.5 Å². The van der Waals surface area contributed by atoms with E-state index in [9.17, 15) is 4.79 Å². The summed E-state index contributed by atoms with van der Waals surface area (Å²) in [5.41, 5.74) is -0.0419. The minimum absolute atomic E-state index is 0.0419. The summed E-state index contributed by atoms with van der Waals surface area (Å²) >= 11 is 7.71. The Morgan fingerprint density at radius 2 is 2.06 bits per heavy atom. The van der Waals surface area contributed by atoms with E-state index in [1.165, 1.54) is 19.2 Å². The molecule has 0 aliphatic carbocycles. The molecule has 4 nitrogen and oxygen atoms in total. The Hall–Kier alpha value is -0.140. The SMILES string of the molecule is O=c1c(I)c(Cl)ncn1CCN1CCCC1. The highest BCUT2D eigenvalue weighted by molar-refractivity contribution is 14.1. The Balaban J connectivity index is 2.04. The first kappa shape index (κ1) is 12.3. The number of nitrogens with zero attached hydrogens (tertiary/aromatic N) is 3. The number of hydrogen-bond acceptors (Lipinski definition) is 3. The molecule has 88 valence electrons. The topological polar surface area (TPSA) is 38.1 Å². The van der Waals surface area contributed by atoms with Gasteiger partial charge in [-0.3, -0.25) is 9.36 Å². The van der Waals surface area contributed by atoms with Crippen molar-refractivity contribution in [2.24, 2.45) is 0 Å². The quantitative estimate of drug-likeness (QED) is 0.612. The van der Waals surface area contributed by atoms with Gasteiger partial charge in [-0.2, -0.15) is 0 Å². The lowest BCUT2D eigenvalue weighted by Gasteiger charge is -2.15. The van der Waals surface area contributed by atoms with Crippen LogP contribution in [0.3, 0.4) is 0 Å². The lowest BCUT2D eigenvalue weighted by Crippen LogP contribution is -2.30. The number of aromatic nitrogens is 2. The molecule has 0 N–H and O–H groups in total. The largest absolute Gasteiger partial charge is 0.302 e. The average Bonchev–Trinajstić information content (AvgIpc) is 2.78. The molecule has 2 rings (SSSR count). The second kappa shape index (κ2) is 5.46. The zero-order valence-electron chi connectivity index (χ0n) is 8.83. The number of rotatable bonds is 3. The van der Waals surface area contributed by atoms with Crippen LogP contribution in [-0.2, 0) is 6.54 Å². The molecular formula is C10H13ClIN3O. The summed E-state index contributed by atoms with van der Waals surface area (Å²) in [7, 11) is 0. The molecule has 1 aliphatic rings. The molecule has 2 heterocycles. The Morgan fingerprint density at radius 1 is 1.38 bits per heavy atom. The van der Waals surface area contributed by atoms with Gasteiger partial charge >= 0.3 is 0 Å². The molecule has 0 amide bonds. The molecule has 0 atom stereocenters. The van der Waals surface area contributed by atoms with Crippen molar-refractivity contribution >= 4 is 34.2 Å². The first-order chi connectivity index (χ1) is 7.68. The summed E-state index contributed by atoms with van der Waals surface area (Å²) in [6, 6.07) is 0. The summed E-state index contributed by atoms with van der Waals surface area (Å²) in [5.74, 6) is 0. The predicted molar refractivity (Wildman–Crippen MR) is 71.9 cm³/mol. The Bertz CT molecular complexity index is 429. The van der Waals surface area contributed by atoms with Crippen LogP contribution in [0.5, 0.6) is 0 Å². The van der Waals surface area contributed by atoms with E-state index in [1.807, 2.05) is 22.6 Å². The highest BCUT2D eigenvalue weighted by Gasteiger charge is 2.12. The molecular weight excluding hydrogens is 340 g/mol.